The monoisotopic (exact) mass is 281 g/mol. The van der Waals surface area contributed by atoms with Gasteiger partial charge in [-0.05, 0) is 42.4 Å². The summed E-state index contributed by atoms with van der Waals surface area (Å²) in [5.74, 6) is 2.08. The Kier molecular flexibility index (Phi) is 5.55. The first-order valence-corrected chi connectivity index (χ1v) is 7.93. The zero-order valence-electron chi connectivity index (χ0n) is 11.7. The molecule has 1 heterocycles. The molecule has 0 saturated carbocycles. The van der Waals surface area contributed by atoms with E-state index in [9.17, 15) is 5.11 Å². The summed E-state index contributed by atoms with van der Waals surface area (Å²) in [6.45, 7) is 5.04. The summed E-state index contributed by atoms with van der Waals surface area (Å²) in [5.41, 5.74) is 1.38. The summed E-state index contributed by atoms with van der Waals surface area (Å²) in [5, 5.41) is 13.0. The van der Waals surface area contributed by atoms with Gasteiger partial charge in [-0.3, -0.25) is 0 Å². The third kappa shape index (κ3) is 4.71. The maximum atomic E-state index is 9.81. The lowest BCUT2D eigenvalue weighted by molar-refractivity contribution is 0.104. The molecule has 0 saturated heterocycles. The summed E-state index contributed by atoms with van der Waals surface area (Å²) in [6, 6.07) is 6.63. The van der Waals surface area contributed by atoms with Crippen molar-refractivity contribution in [3.8, 4) is 5.75 Å². The zero-order chi connectivity index (χ0) is 13.7. The van der Waals surface area contributed by atoms with Crippen molar-refractivity contribution in [3.05, 3.63) is 23.8 Å². The first-order valence-electron chi connectivity index (χ1n) is 6.95. The molecule has 3 nitrogen and oxygen atoms in total. The molecule has 0 aromatic heterocycles. The van der Waals surface area contributed by atoms with Gasteiger partial charge in [0.15, 0.2) is 0 Å². The highest BCUT2D eigenvalue weighted by Crippen LogP contribution is 2.32. The van der Waals surface area contributed by atoms with Crippen LogP contribution in [0.5, 0.6) is 5.75 Å². The number of thioether (sulfide) groups is 1. The standard InChI is InChI=1S/C15H23NO2S/c1-11(2)16-9-13(17)10-18-14-5-6-15-12(8-14)4-3-7-19-15/h5-6,8,11,13,16-17H,3-4,7,9-10H2,1-2H3. The van der Waals surface area contributed by atoms with E-state index in [2.05, 4.69) is 31.3 Å². The van der Waals surface area contributed by atoms with Crippen molar-refractivity contribution in [1.82, 2.24) is 5.32 Å². The van der Waals surface area contributed by atoms with Crippen LogP contribution in [0.2, 0.25) is 0 Å². The second-order valence-corrected chi connectivity index (χ2v) is 6.39. The normalized spacial score (nSPS) is 16.2. The zero-order valence-corrected chi connectivity index (χ0v) is 12.5. The Hall–Kier alpha value is -0.710. The van der Waals surface area contributed by atoms with Gasteiger partial charge < -0.3 is 15.2 Å². The Morgan fingerprint density at radius 3 is 3.05 bits per heavy atom. The number of aliphatic hydroxyl groups excluding tert-OH is 1. The molecule has 0 fully saturated rings. The maximum Gasteiger partial charge on any atom is 0.119 e. The van der Waals surface area contributed by atoms with Gasteiger partial charge in [-0.2, -0.15) is 0 Å². The average molecular weight is 281 g/mol. The van der Waals surface area contributed by atoms with Gasteiger partial charge in [-0.15, -0.1) is 11.8 Å². The Balaban J connectivity index is 1.82. The minimum atomic E-state index is -0.465. The summed E-state index contributed by atoms with van der Waals surface area (Å²) in [7, 11) is 0. The van der Waals surface area contributed by atoms with E-state index in [4.69, 9.17) is 4.74 Å². The first-order chi connectivity index (χ1) is 9.15. The predicted octanol–water partition coefficient (Wildman–Crippen LogP) is 2.46. The van der Waals surface area contributed by atoms with Crippen molar-refractivity contribution in [3.63, 3.8) is 0 Å². The highest BCUT2D eigenvalue weighted by atomic mass is 32.2. The highest BCUT2D eigenvalue weighted by Gasteiger charge is 2.11. The SMILES string of the molecule is CC(C)NCC(O)COc1ccc2c(c1)CCCS2. The summed E-state index contributed by atoms with van der Waals surface area (Å²) < 4.78 is 5.67. The number of benzene rings is 1. The van der Waals surface area contributed by atoms with Crippen LogP contribution in [-0.2, 0) is 6.42 Å². The van der Waals surface area contributed by atoms with Crippen molar-refractivity contribution >= 4 is 11.8 Å². The number of fused-ring (bicyclic) bond motifs is 1. The van der Waals surface area contributed by atoms with Gasteiger partial charge in [-0.25, -0.2) is 0 Å². The van der Waals surface area contributed by atoms with E-state index >= 15 is 0 Å². The van der Waals surface area contributed by atoms with Crippen LogP contribution in [0.25, 0.3) is 0 Å². The molecule has 4 heteroatoms. The van der Waals surface area contributed by atoms with Crippen LogP contribution in [0, 0.1) is 0 Å². The quantitative estimate of drug-likeness (QED) is 0.840. The van der Waals surface area contributed by atoms with Gasteiger partial charge in [0, 0.05) is 17.5 Å². The number of hydrogen-bond acceptors (Lipinski definition) is 4. The molecule has 106 valence electrons. The summed E-state index contributed by atoms with van der Waals surface area (Å²) >= 11 is 1.92. The molecule has 1 aromatic carbocycles. The second-order valence-electron chi connectivity index (χ2n) is 5.25. The fraction of sp³-hybridized carbons (Fsp3) is 0.600. The lowest BCUT2D eigenvalue weighted by Crippen LogP contribution is -2.35. The third-order valence-electron chi connectivity index (χ3n) is 3.08. The topological polar surface area (TPSA) is 41.5 Å². The van der Waals surface area contributed by atoms with E-state index < -0.39 is 6.10 Å². The number of rotatable bonds is 6. The Morgan fingerprint density at radius 2 is 2.26 bits per heavy atom. The van der Waals surface area contributed by atoms with Crippen LogP contribution in [0.1, 0.15) is 25.8 Å². The van der Waals surface area contributed by atoms with Crippen LogP contribution in [0.4, 0.5) is 0 Å². The van der Waals surface area contributed by atoms with Crippen molar-refractivity contribution in [2.24, 2.45) is 0 Å². The summed E-state index contributed by atoms with van der Waals surface area (Å²) in [6.07, 6.45) is 1.91. The number of ether oxygens (including phenoxy) is 1. The van der Waals surface area contributed by atoms with E-state index in [1.54, 1.807) is 0 Å². The molecule has 0 spiro atoms. The molecule has 2 N–H and O–H groups in total. The Bertz CT molecular complexity index is 409. The van der Waals surface area contributed by atoms with E-state index in [0.717, 1.165) is 12.2 Å². The smallest absolute Gasteiger partial charge is 0.119 e. The van der Waals surface area contributed by atoms with E-state index in [1.807, 2.05) is 17.8 Å². The molecule has 19 heavy (non-hydrogen) atoms. The van der Waals surface area contributed by atoms with E-state index in [-0.39, 0.29) is 0 Å². The lowest BCUT2D eigenvalue weighted by atomic mass is 10.1. The second kappa shape index (κ2) is 7.17. The molecule has 1 aromatic rings. The largest absolute Gasteiger partial charge is 0.491 e. The number of nitrogens with one attached hydrogen (secondary N) is 1. The minimum Gasteiger partial charge on any atom is -0.491 e. The molecular formula is C15H23NO2S. The van der Waals surface area contributed by atoms with Crippen LogP contribution in [0.3, 0.4) is 0 Å². The van der Waals surface area contributed by atoms with Gasteiger partial charge in [0.1, 0.15) is 18.5 Å². The molecule has 1 unspecified atom stereocenters. The maximum absolute atomic E-state index is 9.81. The minimum absolute atomic E-state index is 0.339. The van der Waals surface area contributed by atoms with Crippen molar-refractivity contribution in [2.75, 3.05) is 18.9 Å². The summed E-state index contributed by atoms with van der Waals surface area (Å²) in [4.78, 5) is 1.38. The van der Waals surface area contributed by atoms with E-state index in [1.165, 1.54) is 22.6 Å². The highest BCUT2D eigenvalue weighted by molar-refractivity contribution is 7.99. The molecule has 0 radical (unpaired) electrons. The first kappa shape index (κ1) is 14.7. The Labute approximate surface area is 119 Å². The van der Waals surface area contributed by atoms with Crippen molar-refractivity contribution < 1.29 is 9.84 Å². The molecule has 0 amide bonds. The lowest BCUT2D eigenvalue weighted by Gasteiger charge is -2.18. The fourth-order valence-electron chi connectivity index (χ4n) is 2.05. The Morgan fingerprint density at radius 1 is 1.42 bits per heavy atom. The van der Waals surface area contributed by atoms with Crippen LogP contribution >= 0.6 is 11.8 Å². The average Bonchev–Trinajstić information content (AvgIpc) is 2.42. The van der Waals surface area contributed by atoms with Crippen LogP contribution < -0.4 is 10.1 Å². The molecule has 2 rings (SSSR count). The predicted molar refractivity (Wildman–Crippen MR) is 80.1 cm³/mol. The third-order valence-corrected chi connectivity index (χ3v) is 4.29. The molecular weight excluding hydrogens is 258 g/mol. The molecule has 0 bridgehead atoms. The fourth-order valence-corrected chi connectivity index (χ4v) is 3.07. The van der Waals surface area contributed by atoms with Gasteiger partial charge in [0.05, 0.1) is 0 Å². The molecule has 1 atom stereocenters. The van der Waals surface area contributed by atoms with Crippen LogP contribution in [0.15, 0.2) is 23.1 Å². The molecule has 1 aliphatic heterocycles. The van der Waals surface area contributed by atoms with Crippen molar-refractivity contribution in [2.45, 2.75) is 43.7 Å². The number of aliphatic hydroxyl groups is 1. The number of aryl methyl sites for hydroxylation is 1. The number of hydrogen-bond donors (Lipinski definition) is 2. The van der Waals surface area contributed by atoms with Gasteiger partial charge in [0.2, 0.25) is 0 Å². The van der Waals surface area contributed by atoms with Gasteiger partial charge in [-0.1, -0.05) is 13.8 Å². The van der Waals surface area contributed by atoms with E-state index in [0.29, 0.717) is 19.2 Å². The molecule has 1 aliphatic rings. The molecule has 0 aliphatic carbocycles. The van der Waals surface area contributed by atoms with Gasteiger partial charge in [0.25, 0.3) is 0 Å². The van der Waals surface area contributed by atoms with Crippen molar-refractivity contribution in [1.29, 1.82) is 0 Å². The van der Waals surface area contributed by atoms with Gasteiger partial charge >= 0.3 is 0 Å². The van der Waals surface area contributed by atoms with Crippen LogP contribution in [-0.4, -0.2) is 36.2 Å².